The fourth-order valence-electron chi connectivity index (χ4n) is 2.43. The maximum Gasteiger partial charge on any atom is 0.416 e. The predicted molar refractivity (Wildman–Crippen MR) is 84.4 cm³/mol. The lowest BCUT2D eigenvalue weighted by molar-refractivity contribution is -0.137. The van der Waals surface area contributed by atoms with Crippen LogP contribution in [0.15, 0.2) is 42.5 Å². The van der Waals surface area contributed by atoms with E-state index in [9.17, 15) is 13.2 Å². The number of aryl methyl sites for hydroxylation is 1. The molecule has 1 atom stereocenters. The Bertz CT molecular complexity index is 668. The first-order valence-corrected chi connectivity index (χ1v) is 7.35. The first-order valence-electron chi connectivity index (χ1n) is 7.35. The van der Waals surface area contributed by atoms with Crippen LogP contribution in [0.25, 0.3) is 0 Å². The van der Waals surface area contributed by atoms with Crippen LogP contribution in [0.4, 0.5) is 13.2 Å². The summed E-state index contributed by atoms with van der Waals surface area (Å²) in [4.78, 5) is 0. The highest BCUT2D eigenvalue weighted by Crippen LogP contribution is 2.30. The fraction of sp³-hybridized carbons (Fsp3) is 0.333. The molecule has 0 bridgehead atoms. The molecule has 0 saturated heterocycles. The summed E-state index contributed by atoms with van der Waals surface area (Å²) in [6.45, 7) is 4.30. The van der Waals surface area contributed by atoms with E-state index in [2.05, 4.69) is 5.32 Å². The molecule has 1 N–H and O–H groups in total. The summed E-state index contributed by atoms with van der Waals surface area (Å²) in [7, 11) is 1.60. The molecule has 0 spiro atoms. The zero-order chi connectivity index (χ0) is 17.0. The molecule has 0 aliphatic heterocycles. The molecule has 23 heavy (non-hydrogen) atoms. The van der Waals surface area contributed by atoms with Crippen molar-refractivity contribution in [3.8, 4) is 5.75 Å². The fourth-order valence-corrected chi connectivity index (χ4v) is 2.43. The van der Waals surface area contributed by atoms with Crippen LogP contribution in [0.5, 0.6) is 5.75 Å². The number of halogens is 3. The van der Waals surface area contributed by atoms with Crippen molar-refractivity contribution in [1.82, 2.24) is 5.32 Å². The molecule has 0 aromatic heterocycles. The van der Waals surface area contributed by atoms with Gasteiger partial charge < -0.3 is 10.1 Å². The Morgan fingerprint density at radius 1 is 1.13 bits per heavy atom. The molecule has 2 rings (SSSR count). The molecule has 2 aromatic carbocycles. The average molecular weight is 323 g/mol. The molecule has 0 heterocycles. The number of hydrogen-bond acceptors (Lipinski definition) is 2. The zero-order valence-electron chi connectivity index (χ0n) is 13.4. The number of benzene rings is 2. The Morgan fingerprint density at radius 2 is 1.87 bits per heavy atom. The van der Waals surface area contributed by atoms with E-state index >= 15 is 0 Å². The van der Waals surface area contributed by atoms with Crippen LogP contribution >= 0.6 is 0 Å². The zero-order valence-corrected chi connectivity index (χ0v) is 13.4. The molecule has 0 fully saturated rings. The Hall–Kier alpha value is -2.01. The molecule has 124 valence electrons. The number of rotatable bonds is 5. The van der Waals surface area contributed by atoms with Gasteiger partial charge in [-0.15, -0.1) is 0 Å². The summed E-state index contributed by atoms with van der Waals surface area (Å²) in [6.07, 6.45) is -4.32. The first kappa shape index (κ1) is 17.3. The lowest BCUT2D eigenvalue weighted by Crippen LogP contribution is -2.19. The highest BCUT2D eigenvalue weighted by molar-refractivity contribution is 5.39. The van der Waals surface area contributed by atoms with Crippen LogP contribution in [0.1, 0.15) is 35.2 Å². The van der Waals surface area contributed by atoms with Crippen molar-refractivity contribution in [2.75, 3.05) is 7.11 Å². The minimum atomic E-state index is -4.32. The lowest BCUT2D eigenvalue weighted by Gasteiger charge is -2.18. The number of methoxy groups -OCH3 is 1. The summed E-state index contributed by atoms with van der Waals surface area (Å²) >= 11 is 0. The van der Waals surface area contributed by atoms with Gasteiger partial charge in [-0.1, -0.05) is 35.9 Å². The van der Waals surface area contributed by atoms with E-state index in [1.165, 1.54) is 12.1 Å². The van der Waals surface area contributed by atoms with Crippen molar-refractivity contribution in [3.05, 3.63) is 64.7 Å². The average Bonchev–Trinajstić information content (AvgIpc) is 2.52. The molecule has 0 radical (unpaired) electrons. The standard InChI is InChI=1S/C18H20F3NO/c1-12-7-8-17(23-3)16(9-12)13(2)22-11-14-5-4-6-15(10-14)18(19,20)21/h4-10,13,22H,11H2,1-3H3. The third-order valence-corrected chi connectivity index (χ3v) is 3.72. The summed E-state index contributed by atoms with van der Waals surface area (Å²) in [6, 6.07) is 11.2. The minimum absolute atomic E-state index is 0.0422. The number of hydrogen-bond donors (Lipinski definition) is 1. The molecular weight excluding hydrogens is 303 g/mol. The van der Waals surface area contributed by atoms with E-state index in [4.69, 9.17) is 4.74 Å². The van der Waals surface area contributed by atoms with Crippen LogP contribution in [0.2, 0.25) is 0 Å². The van der Waals surface area contributed by atoms with Gasteiger partial charge >= 0.3 is 6.18 Å². The Labute approximate surface area is 134 Å². The Kier molecular flexibility index (Phi) is 5.31. The second kappa shape index (κ2) is 7.04. The van der Waals surface area contributed by atoms with E-state index in [1.54, 1.807) is 13.2 Å². The summed E-state index contributed by atoms with van der Waals surface area (Å²) in [5.41, 5.74) is 2.06. The van der Waals surface area contributed by atoms with E-state index in [0.29, 0.717) is 12.1 Å². The molecule has 0 aliphatic carbocycles. The number of ether oxygens (including phenoxy) is 1. The van der Waals surface area contributed by atoms with E-state index in [1.807, 2.05) is 32.0 Å². The van der Waals surface area contributed by atoms with Gasteiger partial charge in [0, 0.05) is 18.2 Å². The highest BCUT2D eigenvalue weighted by atomic mass is 19.4. The van der Waals surface area contributed by atoms with Crippen LogP contribution in [0.3, 0.4) is 0 Å². The monoisotopic (exact) mass is 323 g/mol. The van der Waals surface area contributed by atoms with Crippen LogP contribution in [0, 0.1) is 6.92 Å². The van der Waals surface area contributed by atoms with Crippen molar-refractivity contribution in [2.45, 2.75) is 32.6 Å². The molecule has 0 saturated carbocycles. The third kappa shape index (κ3) is 4.48. The quantitative estimate of drug-likeness (QED) is 0.847. The normalized spacial score (nSPS) is 13.0. The molecule has 0 amide bonds. The summed E-state index contributed by atoms with van der Waals surface area (Å²) in [5.74, 6) is 0.764. The maximum absolute atomic E-state index is 12.7. The highest BCUT2D eigenvalue weighted by Gasteiger charge is 2.30. The van der Waals surface area contributed by atoms with Crippen LogP contribution < -0.4 is 10.1 Å². The smallest absolute Gasteiger partial charge is 0.416 e. The van der Waals surface area contributed by atoms with Crippen molar-refractivity contribution in [2.24, 2.45) is 0 Å². The summed E-state index contributed by atoms with van der Waals surface area (Å²) < 4.78 is 43.6. The van der Waals surface area contributed by atoms with E-state index in [-0.39, 0.29) is 6.04 Å². The van der Waals surface area contributed by atoms with Gasteiger partial charge in [-0.2, -0.15) is 13.2 Å². The Morgan fingerprint density at radius 3 is 2.52 bits per heavy atom. The van der Waals surface area contributed by atoms with Gasteiger partial charge in [0.1, 0.15) is 5.75 Å². The van der Waals surface area contributed by atoms with Crippen molar-refractivity contribution < 1.29 is 17.9 Å². The van der Waals surface area contributed by atoms with Crippen molar-refractivity contribution >= 4 is 0 Å². The van der Waals surface area contributed by atoms with Crippen molar-refractivity contribution in [3.63, 3.8) is 0 Å². The van der Waals surface area contributed by atoms with Gasteiger partial charge in [0.2, 0.25) is 0 Å². The molecule has 2 nitrogen and oxygen atoms in total. The summed E-state index contributed by atoms with van der Waals surface area (Å²) in [5, 5.41) is 3.25. The van der Waals surface area contributed by atoms with Gasteiger partial charge in [0.25, 0.3) is 0 Å². The minimum Gasteiger partial charge on any atom is -0.496 e. The van der Waals surface area contributed by atoms with Gasteiger partial charge in [-0.25, -0.2) is 0 Å². The largest absolute Gasteiger partial charge is 0.496 e. The molecule has 0 aliphatic rings. The topological polar surface area (TPSA) is 21.3 Å². The molecule has 1 unspecified atom stereocenters. The number of nitrogens with one attached hydrogen (secondary N) is 1. The molecule has 2 aromatic rings. The number of alkyl halides is 3. The van der Waals surface area contributed by atoms with Gasteiger partial charge in [0.15, 0.2) is 0 Å². The second-order valence-corrected chi connectivity index (χ2v) is 5.55. The van der Waals surface area contributed by atoms with Gasteiger partial charge in [0.05, 0.1) is 12.7 Å². The third-order valence-electron chi connectivity index (χ3n) is 3.72. The van der Waals surface area contributed by atoms with Gasteiger partial charge in [-0.05, 0) is 31.5 Å². The van der Waals surface area contributed by atoms with Crippen LogP contribution in [-0.2, 0) is 12.7 Å². The predicted octanol–water partition coefficient (Wildman–Crippen LogP) is 4.87. The Balaban J connectivity index is 2.11. The van der Waals surface area contributed by atoms with Crippen molar-refractivity contribution in [1.29, 1.82) is 0 Å². The first-order chi connectivity index (χ1) is 10.8. The molecule has 5 heteroatoms. The van der Waals surface area contributed by atoms with E-state index in [0.717, 1.165) is 22.9 Å². The lowest BCUT2D eigenvalue weighted by atomic mass is 10.0. The maximum atomic E-state index is 12.7. The van der Waals surface area contributed by atoms with Gasteiger partial charge in [-0.3, -0.25) is 0 Å². The molecular formula is C18H20F3NO. The SMILES string of the molecule is COc1ccc(C)cc1C(C)NCc1cccc(C(F)(F)F)c1. The van der Waals surface area contributed by atoms with Crippen LogP contribution in [-0.4, -0.2) is 7.11 Å². The van der Waals surface area contributed by atoms with E-state index < -0.39 is 11.7 Å². The second-order valence-electron chi connectivity index (χ2n) is 5.55.